The molecule has 1 atom stereocenters. The Morgan fingerprint density at radius 2 is 1.91 bits per heavy atom. The highest BCUT2D eigenvalue weighted by atomic mass is 32.1. The fraction of sp³-hybridized carbons (Fsp3) is 0.360. The molecule has 32 heavy (non-hydrogen) atoms. The maximum absolute atomic E-state index is 12.6. The number of carbonyl (C=O) groups excluding carboxylic acids is 1. The third-order valence-corrected chi connectivity index (χ3v) is 5.76. The molecule has 0 aliphatic heterocycles. The minimum Gasteiger partial charge on any atom is -0.493 e. The zero-order valence-corrected chi connectivity index (χ0v) is 19.8. The van der Waals surface area contributed by atoms with E-state index in [-0.39, 0.29) is 18.4 Å². The molecule has 0 spiro atoms. The summed E-state index contributed by atoms with van der Waals surface area (Å²) < 4.78 is 16.9. The molecule has 6 nitrogen and oxygen atoms in total. The van der Waals surface area contributed by atoms with Crippen LogP contribution in [0.25, 0.3) is 10.6 Å². The van der Waals surface area contributed by atoms with Crippen molar-refractivity contribution in [2.24, 2.45) is 0 Å². The molecule has 0 fully saturated rings. The molecular weight excluding hydrogens is 424 g/mol. The second-order valence-electron chi connectivity index (χ2n) is 7.30. The molecule has 1 aromatic heterocycles. The fourth-order valence-corrected chi connectivity index (χ4v) is 4.11. The maximum atomic E-state index is 12.6. The Kier molecular flexibility index (Phi) is 8.50. The van der Waals surface area contributed by atoms with E-state index in [4.69, 9.17) is 14.2 Å². The minimum absolute atomic E-state index is 0.0854. The number of thiazole rings is 1. The van der Waals surface area contributed by atoms with E-state index in [1.54, 1.807) is 7.11 Å². The van der Waals surface area contributed by atoms with Crippen molar-refractivity contribution in [1.82, 2.24) is 10.3 Å². The molecule has 1 heterocycles. The van der Waals surface area contributed by atoms with Crippen LogP contribution in [0.1, 0.15) is 44.5 Å². The summed E-state index contributed by atoms with van der Waals surface area (Å²) in [6.45, 7) is 7.18. The van der Waals surface area contributed by atoms with Gasteiger partial charge in [0.05, 0.1) is 44.0 Å². The summed E-state index contributed by atoms with van der Waals surface area (Å²) in [7, 11) is 1.62. The van der Waals surface area contributed by atoms with E-state index < -0.39 is 0 Å². The van der Waals surface area contributed by atoms with Gasteiger partial charge in [-0.2, -0.15) is 0 Å². The smallest absolute Gasteiger partial charge is 0.226 e. The van der Waals surface area contributed by atoms with Gasteiger partial charge in [0, 0.05) is 5.38 Å². The molecule has 1 N–H and O–H groups in total. The van der Waals surface area contributed by atoms with Gasteiger partial charge in [0.2, 0.25) is 5.91 Å². The number of carbonyl (C=O) groups is 1. The standard InChI is InChI=1S/C25H30N2O4S/c1-5-13-31-22-12-11-18(14-23(22)29-4)17(3)26-24(28)15-19-16-32-25(27-19)20-9-7-8-10-21(20)30-6-2/h7-12,14,16-17H,5-6,13,15H2,1-4H3,(H,26,28). The lowest BCUT2D eigenvalue weighted by Gasteiger charge is -2.17. The van der Waals surface area contributed by atoms with Crippen molar-refractivity contribution in [3.8, 4) is 27.8 Å². The van der Waals surface area contributed by atoms with Crippen LogP contribution >= 0.6 is 11.3 Å². The van der Waals surface area contributed by atoms with Gasteiger partial charge in [0.25, 0.3) is 0 Å². The van der Waals surface area contributed by atoms with Crippen LogP contribution in [-0.2, 0) is 11.2 Å². The second-order valence-corrected chi connectivity index (χ2v) is 8.16. The van der Waals surface area contributed by atoms with Gasteiger partial charge in [0.1, 0.15) is 10.8 Å². The molecule has 0 aliphatic rings. The Balaban J connectivity index is 1.64. The molecule has 3 aromatic rings. The first kappa shape index (κ1) is 23.6. The van der Waals surface area contributed by atoms with E-state index in [1.807, 2.05) is 61.7 Å². The van der Waals surface area contributed by atoms with Gasteiger partial charge < -0.3 is 19.5 Å². The van der Waals surface area contributed by atoms with Gasteiger partial charge in [-0.15, -0.1) is 11.3 Å². The zero-order valence-electron chi connectivity index (χ0n) is 19.0. The Hall–Kier alpha value is -3.06. The molecule has 0 bridgehead atoms. The number of benzene rings is 2. The van der Waals surface area contributed by atoms with Crippen molar-refractivity contribution >= 4 is 17.2 Å². The normalized spacial score (nSPS) is 11.6. The zero-order chi connectivity index (χ0) is 22.9. The molecule has 0 saturated carbocycles. The van der Waals surface area contributed by atoms with Gasteiger partial charge in [-0.3, -0.25) is 4.79 Å². The third-order valence-electron chi connectivity index (χ3n) is 4.84. The SMILES string of the molecule is CCCOc1ccc(C(C)NC(=O)Cc2csc(-c3ccccc3OCC)n2)cc1OC. The highest BCUT2D eigenvalue weighted by Crippen LogP contribution is 2.33. The highest BCUT2D eigenvalue weighted by Gasteiger charge is 2.16. The first-order valence-electron chi connectivity index (χ1n) is 10.8. The number of hydrogen-bond acceptors (Lipinski definition) is 6. The van der Waals surface area contributed by atoms with Crippen LogP contribution in [-0.4, -0.2) is 31.2 Å². The number of aromatic nitrogens is 1. The monoisotopic (exact) mass is 454 g/mol. The van der Waals surface area contributed by atoms with Crippen molar-refractivity contribution in [3.05, 3.63) is 59.1 Å². The van der Waals surface area contributed by atoms with Crippen LogP contribution in [0.15, 0.2) is 47.8 Å². The summed E-state index contributed by atoms with van der Waals surface area (Å²) in [6.07, 6.45) is 1.14. The summed E-state index contributed by atoms with van der Waals surface area (Å²) in [5.41, 5.74) is 2.63. The molecule has 2 aromatic carbocycles. The summed E-state index contributed by atoms with van der Waals surface area (Å²) in [4.78, 5) is 17.3. The molecule has 170 valence electrons. The van der Waals surface area contributed by atoms with Crippen molar-refractivity contribution in [1.29, 1.82) is 0 Å². The Labute approximate surface area is 193 Å². The first-order chi connectivity index (χ1) is 15.5. The van der Waals surface area contributed by atoms with E-state index in [2.05, 4.69) is 17.2 Å². The largest absolute Gasteiger partial charge is 0.493 e. The number of hydrogen-bond donors (Lipinski definition) is 1. The number of methoxy groups -OCH3 is 1. The quantitative estimate of drug-likeness (QED) is 0.419. The molecule has 7 heteroatoms. The average molecular weight is 455 g/mol. The Morgan fingerprint density at radius 3 is 2.66 bits per heavy atom. The van der Waals surface area contributed by atoms with Crippen LogP contribution in [0.4, 0.5) is 0 Å². The van der Waals surface area contributed by atoms with Crippen LogP contribution in [0.5, 0.6) is 17.2 Å². The van der Waals surface area contributed by atoms with Crippen molar-refractivity contribution in [2.75, 3.05) is 20.3 Å². The first-order valence-corrected chi connectivity index (χ1v) is 11.7. The molecule has 1 amide bonds. The average Bonchev–Trinajstić information content (AvgIpc) is 3.26. The molecular formula is C25H30N2O4S. The molecule has 0 radical (unpaired) electrons. The summed E-state index contributed by atoms with van der Waals surface area (Å²) in [5, 5.41) is 5.81. The summed E-state index contributed by atoms with van der Waals surface area (Å²) in [6, 6.07) is 13.4. The van der Waals surface area contributed by atoms with Gasteiger partial charge in [-0.05, 0) is 50.1 Å². The molecule has 0 aliphatic carbocycles. The third kappa shape index (κ3) is 6.01. The molecule has 3 rings (SSSR count). The van der Waals surface area contributed by atoms with Gasteiger partial charge in [-0.25, -0.2) is 4.98 Å². The summed E-state index contributed by atoms with van der Waals surface area (Å²) >= 11 is 1.51. The highest BCUT2D eigenvalue weighted by molar-refractivity contribution is 7.13. The number of nitrogens with zero attached hydrogens (tertiary/aromatic N) is 1. The van der Waals surface area contributed by atoms with Crippen LogP contribution < -0.4 is 19.5 Å². The van der Waals surface area contributed by atoms with Crippen LogP contribution in [0.2, 0.25) is 0 Å². The molecule has 0 saturated heterocycles. The van der Waals surface area contributed by atoms with Crippen molar-refractivity contribution in [3.63, 3.8) is 0 Å². The topological polar surface area (TPSA) is 69.7 Å². The number of nitrogens with one attached hydrogen (secondary N) is 1. The van der Waals surface area contributed by atoms with Gasteiger partial charge >= 0.3 is 0 Å². The fourth-order valence-electron chi connectivity index (χ4n) is 3.26. The second kappa shape index (κ2) is 11.5. The Morgan fingerprint density at radius 1 is 1.09 bits per heavy atom. The maximum Gasteiger partial charge on any atom is 0.226 e. The van der Waals surface area contributed by atoms with E-state index in [1.165, 1.54) is 11.3 Å². The van der Waals surface area contributed by atoms with E-state index in [0.29, 0.717) is 24.7 Å². The lowest BCUT2D eigenvalue weighted by atomic mass is 10.1. The van der Waals surface area contributed by atoms with Gasteiger partial charge in [-0.1, -0.05) is 25.1 Å². The van der Waals surface area contributed by atoms with E-state index >= 15 is 0 Å². The predicted octanol–water partition coefficient (Wildman–Crippen LogP) is 5.43. The Bertz CT molecular complexity index is 1030. The van der Waals surface area contributed by atoms with Crippen molar-refractivity contribution in [2.45, 2.75) is 39.7 Å². The number of amides is 1. The van der Waals surface area contributed by atoms with E-state index in [9.17, 15) is 4.79 Å². The summed E-state index contributed by atoms with van der Waals surface area (Å²) in [5.74, 6) is 2.08. The number of rotatable bonds is 11. The van der Waals surface area contributed by atoms with Crippen molar-refractivity contribution < 1.29 is 19.0 Å². The lowest BCUT2D eigenvalue weighted by molar-refractivity contribution is -0.121. The number of ether oxygens (including phenoxy) is 3. The number of para-hydroxylation sites is 1. The van der Waals surface area contributed by atoms with Gasteiger partial charge in [0.15, 0.2) is 11.5 Å². The molecule has 1 unspecified atom stereocenters. The predicted molar refractivity (Wildman–Crippen MR) is 128 cm³/mol. The van der Waals surface area contributed by atoms with E-state index in [0.717, 1.165) is 34.0 Å². The van der Waals surface area contributed by atoms with Crippen LogP contribution in [0, 0.1) is 0 Å². The minimum atomic E-state index is -0.173. The van der Waals surface area contributed by atoms with Crippen LogP contribution in [0.3, 0.4) is 0 Å². The lowest BCUT2D eigenvalue weighted by Crippen LogP contribution is -2.28.